The number of fused-ring (bicyclic) bond motifs is 2. The van der Waals surface area contributed by atoms with Crippen LogP contribution in [0.25, 0.3) is 6.08 Å². The molecule has 0 amide bonds. The first-order valence-electron chi connectivity index (χ1n) is 11.6. The van der Waals surface area contributed by atoms with Gasteiger partial charge in [0.2, 0.25) is 5.72 Å². The van der Waals surface area contributed by atoms with Gasteiger partial charge >= 0.3 is 11.9 Å². The maximum Gasteiger partial charge on any atom is 0.333 e. The summed E-state index contributed by atoms with van der Waals surface area (Å²) in [7, 11) is 0. The smallest absolute Gasteiger partial charge is 0.333 e. The molecule has 1 atom stereocenters. The summed E-state index contributed by atoms with van der Waals surface area (Å²) in [5.41, 5.74) is 1.39. The summed E-state index contributed by atoms with van der Waals surface area (Å²) >= 11 is 0. The lowest BCUT2D eigenvalue weighted by atomic mass is 9.76. The van der Waals surface area contributed by atoms with Gasteiger partial charge in [-0.3, -0.25) is 14.9 Å². The molecule has 36 heavy (non-hydrogen) atoms. The van der Waals surface area contributed by atoms with Crippen LogP contribution in [0.15, 0.2) is 60.7 Å². The number of benzene rings is 2. The number of esters is 2. The molecule has 0 bridgehead atoms. The normalized spacial score (nSPS) is 18.7. The number of nitro benzene ring substituents is 1. The third-order valence-corrected chi connectivity index (χ3v) is 6.59. The predicted octanol–water partition coefficient (Wildman–Crippen LogP) is 4.55. The van der Waals surface area contributed by atoms with Gasteiger partial charge in [0.15, 0.2) is 0 Å². The zero-order valence-electron chi connectivity index (χ0n) is 20.5. The van der Waals surface area contributed by atoms with Gasteiger partial charge in [0.1, 0.15) is 19.0 Å². The average Bonchev–Trinajstić information content (AvgIpc) is 3.02. The van der Waals surface area contributed by atoms with Gasteiger partial charge in [-0.15, -0.1) is 0 Å². The van der Waals surface area contributed by atoms with Crippen molar-refractivity contribution in [2.24, 2.45) is 0 Å². The van der Waals surface area contributed by atoms with Crippen molar-refractivity contribution in [1.29, 1.82) is 0 Å². The zero-order valence-corrected chi connectivity index (χ0v) is 20.5. The Morgan fingerprint density at radius 1 is 1.14 bits per heavy atom. The summed E-state index contributed by atoms with van der Waals surface area (Å²) < 4.78 is 16.8. The van der Waals surface area contributed by atoms with Gasteiger partial charge in [-0.25, -0.2) is 4.79 Å². The molecule has 2 aromatic carbocycles. The molecule has 2 aliphatic rings. The van der Waals surface area contributed by atoms with Crippen LogP contribution in [0.2, 0.25) is 0 Å². The molecule has 0 aromatic heterocycles. The standard InChI is InChI=1S/C27H28N2O7/c1-18(2)25(31)35-16-15-34-24(30)12-14-28-22-8-6-5-7-21(22)26(3,4)27(28)13-11-19-17-20(29(32)33)9-10-23(19)36-27/h5-11,13,17H,1,12,14-16H2,2-4H3/t27-/m1/s1. The van der Waals surface area contributed by atoms with Crippen LogP contribution in [0.4, 0.5) is 11.4 Å². The Kier molecular flexibility index (Phi) is 6.58. The van der Waals surface area contributed by atoms with Crippen LogP contribution in [0, 0.1) is 10.1 Å². The number of anilines is 1. The van der Waals surface area contributed by atoms with Gasteiger partial charge in [0, 0.05) is 35.5 Å². The number of rotatable bonds is 8. The number of carbonyl (C=O) groups excluding carboxylic acids is 2. The highest BCUT2D eigenvalue weighted by Gasteiger charge is 2.58. The van der Waals surface area contributed by atoms with Crippen molar-refractivity contribution in [1.82, 2.24) is 0 Å². The molecular formula is C27H28N2O7. The van der Waals surface area contributed by atoms with E-state index in [1.165, 1.54) is 12.1 Å². The highest BCUT2D eigenvalue weighted by Crippen LogP contribution is 2.55. The van der Waals surface area contributed by atoms with E-state index in [9.17, 15) is 19.7 Å². The maximum atomic E-state index is 12.5. The van der Waals surface area contributed by atoms with Crippen molar-refractivity contribution in [2.75, 3.05) is 24.7 Å². The second-order valence-electron chi connectivity index (χ2n) is 9.29. The summed E-state index contributed by atoms with van der Waals surface area (Å²) in [5.74, 6) is -0.443. The van der Waals surface area contributed by atoms with E-state index < -0.39 is 28.0 Å². The first-order valence-corrected chi connectivity index (χ1v) is 11.6. The fourth-order valence-corrected chi connectivity index (χ4v) is 4.68. The molecule has 0 saturated heterocycles. The lowest BCUT2D eigenvalue weighted by molar-refractivity contribution is -0.384. The SMILES string of the molecule is C=C(C)C(=O)OCCOC(=O)CCN1c2ccccc2C(C)(C)[C@]12C=Cc1cc([N+](=O)[O-])ccc1O2. The molecule has 188 valence electrons. The number of non-ortho nitro benzene ring substituents is 1. The highest BCUT2D eigenvalue weighted by molar-refractivity contribution is 5.86. The van der Waals surface area contributed by atoms with E-state index in [1.54, 1.807) is 13.0 Å². The van der Waals surface area contributed by atoms with E-state index in [-0.39, 0.29) is 30.9 Å². The highest BCUT2D eigenvalue weighted by atomic mass is 16.6. The third kappa shape index (κ3) is 4.32. The Morgan fingerprint density at radius 3 is 2.58 bits per heavy atom. The molecule has 2 heterocycles. The van der Waals surface area contributed by atoms with E-state index in [0.29, 0.717) is 17.9 Å². The van der Waals surface area contributed by atoms with Crippen molar-refractivity contribution in [2.45, 2.75) is 38.3 Å². The molecule has 0 saturated carbocycles. The van der Waals surface area contributed by atoms with E-state index >= 15 is 0 Å². The molecule has 2 aromatic rings. The second kappa shape index (κ2) is 9.49. The molecule has 0 radical (unpaired) electrons. The van der Waals surface area contributed by atoms with E-state index in [0.717, 1.165) is 11.3 Å². The number of ether oxygens (including phenoxy) is 3. The van der Waals surface area contributed by atoms with Crippen LogP contribution in [-0.2, 0) is 24.5 Å². The number of hydrogen-bond donors (Lipinski definition) is 0. The summed E-state index contributed by atoms with van der Waals surface area (Å²) in [6, 6.07) is 12.4. The molecule has 0 aliphatic carbocycles. The summed E-state index contributed by atoms with van der Waals surface area (Å²) in [6.07, 6.45) is 3.81. The molecule has 0 fully saturated rings. The summed E-state index contributed by atoms with van der Waals surface area (Å²) in [6.45, 7) is 9.40. The molecule has 0 N–H and O–H groups in total. The van der Waals surface area contributed by atoms with Crippen LogP contribution < -0.4 is 9.64 Å². The first-order chi connectivity index (χ1) is 17.1. The Hall–Kier alpha value is -4.14. The van der Waals surface area contributed by atoms with Gasteiger partial charge < -0.3 is 19.1 Å². The van der Waals surface area contributed by atoms with Crippen molar-refractivity contribution >= 4 is 29.4 Å². The van der Waals surface area contributed by atoms with Gasteiger partial charge in [-0.05, 0) is 50.6 Å². The number of hydrogen-bond acceptors (Lipinski definition) is 8. The Morgan fingerprint density at radius 2 is 1.86 bits per heavy atom. The van der Waals surface area contributed by atoms with Crippen LogP contribution in [0.3, 0.4) is 0 Å². The maximum absolute atomic E-state index is 12.5. The van der Waals surface area contributed by atoms with Crippen LogP contribution >= 0.6 is 0 Å². The third-order valence-electron chi connectivity index (χ3n) is 6.59. The number of carbonyl (C=O) groups is 2. The van der Waals surface area contributed by atoms with E-state index in [2.05, 4.69) is 20.4 Å². The Labute approximate surface area is 209 Å². The van der Waals surface area contributed by atoms with Crippen LogP contribution in [0.1, 0.15) is 38.3 Å². The van der Waals surface area contributed by atoms with Crippen LogP contribution in [-0.4, -0.2) is 42.3 Å². The topological polar surface area (TPSA) is 108 Å². The largest absolute Gasteiger partial charge is 0.463 e. The minimum absolute atomic E-state index is 0.0135. The molecule has 4 rings (SSSR count). The summed E-state index contributed by atoms with van der Waals surface area (Å²) in [4.78, 5) is 36.7. The Bertz CT molecular complexity index is 1270. The quantitative estimate of drug-likeness (QED) is 0.174. The van der Waals surface area contributed by atoms with Gasteiger partial charge in [0.05, 0.1) is 16.8 Å². The van der Waals surface area contributed by atoms with E-state index in [4.69, 9.17) is 14.2 Å². The fourth-order valence-electron chi connectivity index (χ4n) is 4.68. The Balaban J connectivity index is 1.54. The number of nitro groups is 1. The fraction of sp³-hybridized carbons (Fsp3) is 0.333. The van der Waals surface area contributed by atoms with Crippen LogP contribution in [0.5, 0.6) is 5.75 Å². The first kappa shape index (κ1) is 25.0. The molecule has 0 unspecified atom stereocenters. The minimum atomic E-state index is -0.961. The van der Waals surface area contributed by atoms with Crippen molar-refractivity contribution in [3.05, 3.63) is 81.9 Å². The molecule has 2 aliphatic heterocycles. The van der Waals surface area contributed by atoms with Gasteiger partial charge in [0.25, 0.3) is 5.69 Å². The molecule has 9 nitrogen and oxygen atoms in total. The lowest BCUT2D eigenvalue weighted by Crippen LogP contribution is -2.60. The monoisotopic (exact) mass is 492 g/mol. The number of nitrogens with zero attached hydrogens (tertiary/aromatic N) is 2. The minimum Gasteiger partial charge on any atom is -0.463 e. The van der Waals surface area contributed by atoms with Gasteiger partial charge in [-0.1, -0.05) is 24.8 Å². The average molecular weight is 493 g/mol. The van der Waals surface area contributed by atoms with E-state index in [1.807, 2.05) is 41.3 Å². The predicted molar refractivity (Wildman–Crippen MR) is 134 cm³/mol. The zero-order chi connectivity index (χ0) is 26.1. The van der Waals surface area contributed by atoms with Gasteiger partial charge in [-0.2, -0.15) is 0 Å². The molecule has 1 spiro atoms. The van der Waals surface area contributed by atoms with Crippen molar-refractivity contribution < 1.29 is 28.7 Å². The lowest BCUT2D eigenvalue weighted by Gasteiger charge is -2.47. The van der Waals surface area contributed by atoms with Crippen molar-refractivity contribution in [3.63, 3.8) is 0 Å². The summed E-state index contributed by atoms with van der Waals surface area (Å²) in [5, 5.41) is 11.2. The molecular weight excluding hydrogens is 464 g/mol. The molecule has 9 heteroatoms. The second-order valence-corrected chi connectivity index (χ2v) is 9.29. The van der Waals surface area contributed by atoms with Crippen molar-refractivity contribution in [3.8, 4) is 5.75 Å². The number of para-hydroxylation sites is 1.